The van der Waals surface area contributed by atoms with Crippen molar-refractivity contribution in [2.24, 2.45) is 0 Å². The predicted molar refractivity (Wildman–Crippen MR) is 277 cm³/mol. The molecule has 5 aromatic heterocycles. The number of thiophene rings is 1. The van der Waals surface area contributed by atoms with Gasteiger partial charge < -0.3 is 13.6 Å². The number of para-hydroxylation sites is 4. The second-order valence-electron chi connectivity index (χ2n) is 17.0. The first-order valence-electron chi connectivity index (χ1n) is 22.1. The van der Waals surface area contributed by atoms with Crippen LogP contribution in [0, 0.1) is 0 Å². The maximum Gasteiger partial charge on any atom is 0.185 e. The summed E-state index contributed by atoms with van der Waals surface area (Å²) < 4.78 is 14.6. The highest BCUT2D eigenvalue weighted by Crippen LogP contribution is 2.40. The van der Waals surface area contributed by atoms with E-state index >= 15 is 0 Å². The molecular weight excluding hydrogens is 827 g/mol. The van der Waals surface area contributed by atoms with Crippen LogP contribution in [0.25, 0.3) is 97.1 Å². The quantitative estimate of drug-likeness (QED) is 0.123. The average molecular weight is 864 g/mol. The van der Waals surface area contributed by atoms with E-state index in [4.69, 9.17) is 4.42 Å². The molecule has 0 saturated heterocycles. The van der Waals surface area contributed by atoms with Crippen LogP contribution in [0.4, 0.5) is 0 Å². The molecule has 14 aromatic rings. The molecule has 0 aliphatic heterocycles. The number of fused-ring (bicyclic) bond motifs is 12. The van der Waals surface area contributed by atoms with Crippen molar-refractivity contribution in [3.63, 3.8) is 0 Å². The molecule has 0 aliphatic carbocycles. The zero-order valence-corrected chi connectivity index (χ0v) is 36.8. The molecule has 304 valence electrons. The van der Waals surface area contributed by atoms with Crippen molar-refractivity contribution in [2.75, 3.05) is 0 Å². The summed E-state index contributed by atoms with van der Waals surface area (Å²) in [4.78, 5) is 4.57. The third-order valence-electron chi connectivity index (χ3n) is 13.8. The van der Waals surface area contributed by atoms with Gasteiger partial charge in [0.05, 0.1) is 28.3 Å². The molecule has 6 heteroatoms. The Bertz CT molecular complexity index is 3820. The molecule has 0 spiro atoms. The maximum absolute atomic E-state index is 7.22. The molecule has 0 saturated carbocycles. The number of hydrogen-bond donors (Lipinski definition) is 0. The van der Waals surface area contributed by atoms with E-state index < -0.39 is 8.07 Å². The predicted octanol–water partition coefficient (Wildman–Crippen LogP) is 12.9. The number of furan rings is 1. The van der Waals surface area contributed by atoms with E-state index in [1.54, 1.807) is 0 Å². The van der Waals surface area contributed by atoms with Crippen LogP contribution < -0.4 is 20.7 Å². The lowest BCUT2D eigenvalue weighted by Gasteiger charge is -2.34. The fourth-order valence-electron chi connectivity index (χ4n) is 11.0. The Hall–Kier alpha value is -8.03. The number of aromatic nitrogens is 3. The Morgan fingerprint density at radius 2 is 0.923 bits per heavy atom. The summed E-state index contributed by atoms with van der Waals surface area (Å²) in [6.07, 6.45) is 3.88. The third-order valence-corrected chi connectivity index (χ3v) is 20.0. The fraction of sp³-hybridized carbons (Fsp3) is 0. The van der Waals surface area contributed by atoms with E-state index in [1.165, 1.54) is 79.0 Å². The van der Waals surface area contributed by atoms with Gasteiger partial charge in [-0.3, -0.25) is 4.98 Å². The third kappa shape index (κ3) is 5.15. The summed E-state index contributed by atoms with van der Waals surface area (Å²) in [6.45, 7) is 0. The highest BCUT2D eigenvalue weighted by Gasteiger charge is 2.45. The zero-order valence-electron chi connectivity index (χ0n) is 35.0. The zero-order chi connectivity index (χ0) is 42.6. The molecule has 14 rings (SSSR count). The highest BCUT2D eigenvalue weighted by molar-refractivity contribution is 7.31. The number of nitrogens with zero attached hydrogens (tertiary/aromatic N) is 3. The van der Waals surface area contributed by atoms with Gasteiger partial charge in [-0.05, 0) is 81.4 Å². The van der Waals surface area contributed by atoms with Crippen molar-refractivity contribution < 1.29 is 4.42 Å². The standard InChI is InChI=1S/C59H37N3OSSi/c1-3-15-40(16-4-1)65(41-17-5-2-6-18-41,56-27-13-22-46-48-35-38(29-31-54(48)63-58(46)56)61-50-24-10-7-19-42(50)43-20-8-11-25-51(43)61)57-28-14-23-47-49-36-39(30-32-55(49)64-59(47)57)62-52-26-12-9-21-44(52)45-33-34-60-37-53(45)62/h1-37H. The Balaban J connectivity index is 1.04. The van der Waals surface area contributed by atoms with Crippen LogP contribution in [-0.4, -0.2) is 22.2 Å². The Kier molecular flexibility index (Phi) is 7.84. The summed E-state index contributed by atoms with van der Waals surface area (Å²) >= 11 is 1.90. The topological polar surface area (TPSA) is 35.9 Å². The van der Waals surface area contributed by atoms with Gasteiger partial charge in [0.2, 0.25) is 0 Å². The van der Waals surface area contributed by atoms with Crippen molar-refractivity contribution in [1.29, 1.82) is 0 Å². The molecule has 0 radical (unpaired) electrons. The summed E-state index contributed by atoms with van der Waals surface area (Å²) in [5.74, 6) is 0. The second-order valence-corrected chi connectivity index (χ2v) is 21.8. The van der Waals surface area contributed by atoms with E-state index in [9.17, 15) is 0 Å². The van der Waals surface area contributed by atoms with Gasteiger partial charge in [0.1, 0.15) is 11.2 Å². The van der Waals surface area contributed by atoms with Crippen molar-refractivity contribution in [3.8, 4) is 11.4 Å². The molecule has 0 bridgehead atoms. The van der Waals surface area contributed by atoms with E-state index in [0.29, 0.717) is 0 Å². The van der Waals surface area contributed by atoms with E-state index in [0.717, 1.165) is 38.8 Å². The Morgan fingerprint density at radius 1 is 0.400 bits per heavy atom. The smallest absolute Gasteiger partial charge is 0.185 e. The van der Waals surface area contributed by atoms with Gasteiger partial charge in [-0.15, -0.1) is 11.3 Å². The number of rotatable bonds is 6. The van der Waals surface area contributed by atoms with Gasteiger partial charge in [0, 0.05) is 70.1 Å². The Labute approximate surface area is 378 Å². The van der Waals surface area contributed by atoms with Crippen LogP contribution in [0.1, 0.15) is 0 Å². The number of pyridine rings is 1. The van der Waals surface area contributed by atoms with Gasteiger partial charge in [-0.25, -0.2) is 0 Å². The van der Waals surface area contributed by atoms with Crippen LogP contribution in [-0.2, 0) is 0 Å². The summed E-state index contributed by atoms with van der Waals surface area (Å²) in [5, 5.41) is 14.9. The Morgan fingerprint density at radius 3 is 1.58 bits per heavy atom. The van der Waals surface area contributed by atoms with Gasteiger partial charge in [0.15, 0.2) is 8.07 Å². The summed E-state index contributed by atoms with van der Waals surface area (Å²) in [7, 11) is -3.14. The molecular formula is C59H37N3OSSi. The first-order chi connectivity index (χ1) is 32.3. The lowest BCUT2D eigenvalue weighted by molar-refractivity contribution is 0.671. The van der Waals surface area contributed by atoms with Gasteiger partial charge in [-0.1, -0.05) is 152 Å². The van der Waals surface area contributed by atoms with Crippen LogP contribution >= 0.6 is 11.3 Å². The lowest BCUT2D eigenvalue weighted by atomic mass is 10.1. The van der Waals surface area contributed by atoms with E-state index in [-0.39, 0.29) is 0 Å². The highest BCUT2D eigenvalue weighted by atomic mass is 32.1. The van der Waals surface area contributed by atoms with Crippen LogP contribution in [0.15, 0.2) is 229 Å². The SMILES string of the molecule is c1ccc([Si](c2ccccc2)(c2cccc3c2oc2ccc(-n4c5ccccc5c5ccccc54)cc23)c2cccc3c2sc2ccc(-n4c5ccccc5c5ccncc54)cc23)cc1. The molecule has 0 aliphatic rings. The summed E-state index contributed by atoms with van der Waals surface area (Å²) in [5.41, 5.74) is 8.74. The number of benzene rings is 9. The minimum Gasteiger partial charge on any atom is -0.456 e. The van der Waals surface area contributed by atoms with Gasteiger partial charge in [0.25, 0.3) is 0 Å². The van der Waals surface area contributed by atoms with E-state index in [2.05, 4.69) is 226 Å². The van der Waals surface area contributed by atoms with Crippen molar-refractivity contribution >= 4 is 126 Å². The van der Waals surface area contributed by atoms with Gasteiger partial charge in [-0.2, -0.15) is 0 Å². The maximum atomic E-state index is 7.22. The molecule has 0 atom stereocenters. The minimum absolute atomic E-state index is 0.883. The average Bonchev–Trinajstić information content (AvgIpc) is 4.13. The normalized spacial score (nSPS) is 12.3. The molecule has 0 unspecified atom stereocenters. The van der Waals surface area contributed by atoms with Crippen molar-refractivity contribution in [3.05, 3.63) is 225 Å². The molecule has 5 heterocycles. The molecule has 4 nitrogen and oxygen atoms in total. The van der Waals surface area contributed by atoms with Crippen molar-refractivity contribution in [2.45, 2.75) is 0 Å². The summed E-state index contributed by atoms with van der Waals surface area (Å²) in [6, 6.07) is 78.3. The molecule has 9 aromatic carbocycles. The largest absolute Gasteiger partial charge is 0.456 e. The van der Waals surface area contributed by atoms with E-state index in [1.807, 2.05) is 23.7 Å². The minimum atomic E-state index is -3.14. The van der Waals surface area contributed by atoms with Gasteiger partial charge >= 0.3 is 0 Å². The van der Waals surface area contributed by atoms with Crippen LogP contribution in [0.3, 0.4) is 0 Å². The lowest BCUT2D eigenvalue weighted by Crippen LogP contribution is -2.74. The monoisotopic (exact) mass is 863 g/mol. The molecule has 65 heavy (non-hydrogen) atoms. The number of hydrogen-bond acceptors (Lipinski definition) is 3. The molecule has 0 N–H and O–H groups in total. The second kappa shape index (κ2) is 14.0. The first-order valence-corrected chi connectivity index (χ1v) is 24.9. The molecule has 0 fully saturated rings. The van der Waals surface area contributed by atoms with Crippen molar-refractivity contribution in [1.82, 2.24) is 14.1 Å². The first kappa shape index (κ1) is 36.5. The fourth-order valence-corrected chi connectivity index (χ4v) is 17.7. The molecule has 0 amide bonds. The van der Waals surface area contributed by atoms with Crippen LogP contribution in [0.2, 0.25) is 0 Å². The van der Waals surface area contributed by atoms with Crippen LogP contribution in [0.5, 0.6) is 0 Å².